The fourth-order valence-corrected chi connectivity index (χ4v) is 1.83. The van der Waals surface area contributed by atoms with Gasteiger partial charge in [-0.2, -0.15) is 9.97 Å². The molecule has 7 nitrogen and oxygen atoms in total. The van der Waals surface area contributed by atoms with Crippen molar-refractivity contribution >= 4 is 17.5 Å². The summed E-state index contributed by atoms with van der Waals surface area (Å²) in [4.78, 5) is 20.3. The summed E-state index contributed by atoms with van der Waals surface area (Å²) < 4.78 is 15.7. The van der Waals surface area contributed by atoms with E-state index in [1.807, 2.05) is 0 Å². The maximum absolute atomic E-state index is 12.1. The van der Waals surface area contributed by atoms with Crippen LogP contribution in [0.4, 0.5) is 0 Å². The third-order valence-corrected chi connectivity index (χ3v) is 2.98. The molecular weight excluding hydrogens is 322 g/mol. The number of halogens is 1. The molecule has 23 heavy (non-hydrogen) atoms. The van der Waals surface area contributed by atoms with Gasteiger partial charge in [0.25, 0.3) is 5.91 Å². The quantitative estimate of drug-likeness (QED) is 0.780. The number of nitrogens with zero attached hydrogens (tertiary/aromatic N) is 2. The first kappa shape index (κ1) is 16.8. The molecule has 122 valence electrons. The summed E-state index contributed by atoms with van der Waals surface area (Å²) in [5.41, 5.74) is 0.350. The fourth-order valence-electron chi connectivity index (χ4n) is 1.74. The Morgan fingerprint density at radius 1 is 1.17 bits per heavy atom. The number of carbonyl (C=O) groups excluding carboxylic acids is 1. The number of amides is 1. The van der Waals surface area contributed by atoms with E-state index in [-0.39, 0.29) is 23.7 Å². The summed E-state index contributed by atoms with van der Waals surface area (Å²) in [6.07, 6.45) is 0. The third-order valence-electron chi connectivity index (χ3n) is 2.79. The molecule has 2 rings (SSSR count). The van der Waals surface area contributed by atoms with Crippen molar-refractivity contribution < 1.29 is 19.0 Å². The van der Waals surface area contributed by atoms with Crippen LogP contribution in [-0.2, 0) is 0 Å². The van der Waals surface area contributed by atoms with Gasteiger partial charge in [-0.1, -0.05) is 12.1 Å². The highest BCUT2D eigenvalue weighted by atomic mass is 35.5. The molecule has 0 spiro atoms. The van der Waals surface area contributed by atoms with Gasteiger partial charge in [0, 0.05) is 12.4 Å². The lowest BCUT2D eigenvalue weighted by Crippen LogP contribution is -2.25. The van der Waals surface area contributed by atoms with E-state index in [0.717, 1.165) is 0 Å². The number of aromatic nitrogens is 2. The van der Waals surface area contributed by atoms with Crippen molar-refractivity contribution in [1.82, 2.24) is 15.3 Å². The van der Waals surface area contributed by atoms with E-state index in [1.54, 1.807) is 24.3 Å². The van der Waals surface area contributed by atoms with Gasteiger partial charge in [-0.3, -0.25) is 4.79 Å². The summed E-state index contributed by atoms with van der Waals surface area (Å²) in [5, 5.41) is 2.68. The lowest BCUT2D eigenvalue weighted by molar-refractivity contribution is 0.0953. The second kappa shape index (κ2) is 8.19. The third kappa shape index (κ3) is 4.46. The van der Waals surface area contributed by atoms with Gasteiger partial charge in [-0.05, 0) is 12.1 Å². The Hall–Kier alpha value is -2.54. The molecule has 2 aromatic rings. The SMILES string of the molecule is COc1cc(OC)nc(Oc2ccccc2C(=O)NCCCl)n1. The zero-order chi connectivity index (χ0) is 16.7. The van der Waals surface area contributed by atoms with Crippen LogP contribution in [0.5, 0.6) is 23.5 Å². The number of ether oxygens (including phenoxy) is 3. The summed E-state index contributed by atoms with van der Waals surface area (Å²) in [6, 6.07) is 8.28. The fraction of sp³-hybridized carbons (Fsp3) is 0.267. The van der Waals surface area contributed by atoms with Gasteiger partial charge in [0.05, 0.1) is 25.8 Å². The number of benzene rings is 1. The number of hydrogen-bond donors (Lipinski definition) is 1. The van der Waals surface area contributed by atoms with E-state index < -0.39 is 0 Å². The van der Waals surface area contributed by atoms with Gasteiger partial charge >= 0.3 is 6.01 Å². The van der Waals surface area contributed by atoms with Crippen LogP contribution < -0.4 is 19.5 Å². The number of carbonyl (C=O) groups is 1. The standard InChI is InChI=1S/C15H16ClN3O4/c1-21-12-9-13(22-2)19-15(18-12)23-11-6-4-3-5-10(11)14(20)17-8-7-16/h3-6,9H,7-8H2,1-2H3,(H,17,20). The van der Waals surface area contributed by atoms with Crippen LogP contribution in [0.3, 0.4) is 0 Å². The molecule has 0 unspecified atom stereocenters. The lowest BCUT2D eigenvalue weighted by atomic mass is 10.2. The average Bonchev–Trinajstić information content (AvgIpc) is 2.59. The molecule has 1 aromatic carbocycles. The summed E-state index contributed by atoms with van der Waals surface area (Å²) in [6.45, 7) is 0.359. The smallest absolute Gasteiger partial charge is 0.328 e. The van der Waals surface area contributed by atoms with Crippen molar-refractivity contribution in [2.24, 2.45) is 0 Å². The van der Waals surface area contributed by atoms with Crippen LogP contribution in [-0.4, -0.2) is 42.5 Å². The Morgan fingerprint density at radius 3 is 2.43 bits per heavy atom. The predicted molar refractivity (Wildman–Crippen MR) is 84.7 cm³/mol. The van der Waals surface area contributed by atoms with E-state index in [1.165, 1.54) is 20.3 Å². The minimum atomic E-state index is -0.295. The van der Waals surface area contributed by atoms with Crippen molar-refractivity contribution in [2.75, 3.05) is 26.6 Å². The number of nitrogens with one attached hydrogen (secondary N) is 1. The highest BCUT2D eigenvalue weighted by molar-refractivity contribution is 6.18. The van der Waals surface area contributed by atoms with E-state index >= 15 is 0 Å². The zero-order valence-electron chi connectivity index (χ0n) is 12.7. The molecule has 1 N–H and O–H groups in total. The minimum absolute atomic E-state index is 0.0128. The molecular formula is C15H16ClN3O4. The van der Waals surface area contributed by atoms with Crippen LogP contribution in [0.25, 0.3) is 0 Å². The first-order valence-corrected chi connectivity index (χ1v) is 7.29. The first-order valence-electron chi connectivity index (χ1n) is 6.76. The molecule has 1 heterocycles. The highest BCUT2D eigenvalue weighted by Crippen LogP contribution is 2.26. The predicted octanol–water partition coefficient (Wildman–Crippen LogP) is 2.25. The number of para-hydroxylation sites is 1. The lowest BCUT2D eigenvalue weighted by Gasteiger charge is -2.11. The Balaban J connectivity index is 2.28. The minimum Gasteiger partial charge on any atom is -0.481 e. The molecule has 0 radical (unpaired) electrons. The van der Waals surface area contributed by atoms with Crippen LogP contribution in [0.2, 0.25) is 0 Å². The Labute approximate surface area is 138 Å². The van der Waals surface area contributed by atoms with Gasteiger partial charge in [0.1, 0.15) is 5.75 Å². The van der Waals surface area contributed by atoms with Gasteiger partial charge in [-0.15, -0.1) is 11.6 Å². The maximum Gasteiger partial charge on any atom is 0.328 e. The number of alkyl halides is 1. The van der Waals surface area contributed by atoms with Crippen LogP contribution in [0, 0.1) is 0 Å². The second-order valence-electron chi connectivity index (χ2n) is 4.28. The molecule has 0 aliphatic heterocycles. The van der Waals surface area contributed by atoms with E-state index in [2.05, 4.69) is 15.3 Å². The monoisotopic (exact) mass is 337 g/mol. The van der Waals surface area contributed by atoms with E-state index in [0.29, 0.717) is 23.7 Å². The van der Waals surface area contributed by atoms with Gasteiger partial charge in [0.2, 0.25) is 11.8 Å². The van der Waals surface area contributed by atoms with Gasteiger partial charge in [0.15, 0.2) is 0 Å². The van der Waals surface area contributed by atoms with E-state index in [9.17, 15) is 4.79 Å². The largest absolute Gasteiger partial charge is 0.481 e. The van der Waals surface area contributed by atoms with Crippen molar-refractivity contribution in [3.8, 4) is 23.5 Å². The summed E-state index contributed by atoms with van der Waals surface area (Å²) in [5.74, 6) is 0.920. The number of methoxy groups -OCH3 is 2. The molecule has 0 aliphatic rings. The van der Waals surface area contributed by atoms with Crippen LogP contribution >= 0.6 is 11.6 Å². The number of hydrogen-bond acceptors (Lipinski definition) is 6. The Morgan fingerprint density at radius 2 is 1.83 bits per heavy atom. The Kier molecular flexibility index (Phi) is 5.99. The summed E-state index contributed by atoms with van der Waals surface area (Å²) >= 11 is 5.58. The topological polar surface area (TPSA) is 82.6 Å². The van der Waals surface area contributed by atoms with Crippen molar-refractivity contribution in [3.63, 3.8) is 0 Å². The molecule has 8 heteroatoms. The highest BCUT2D eigenvalue weighted by Gasteiger charge is 2.14. The van der Waals surface area contributed by atoms with Crippen molar-refractivity contribution in [2.45, 2.75) is 0 Å². The van der Waals surface area contributed by atoms with Crippen molar-refractivity contribution in [1.29, 1.82) is 0 Å². The normalized spacial score (nSPS) is 10.0. The molecule has 1 amide bonds. The molecule has 1 aromatic heterocycles. The first-order chi connectivity index (χ1) is 11.2. The molecule has 0 saturated carbocycles. The van der Waals surface area contributed by atoms with E-state index in [4.69, 9.17) is 25.8 Å². The van der Waals surface area contributed by atoms with Crippen LogP contribution in [0.1, 0.15) is 10.4 Å². The molecule has 0 atom stereocenters. The van der Waals surface area contributed by atoms with Crippen molar-refractivity contribution in [3.05, 3.63) is 35.9 Å². The zero-order valence-corrected chi connectivity index (χ0v) is 13.5. The molecule has 0 aliphatic carbocycles. The second-order valence-corrected chi connectivity index (χ2v) is 4.66. The van der Waals surface area contributed by atoms with Gasteiger partial charge in [-0.25, -0.2) is 0 Å². The number of rotatable bonds is 7. The average molecular weight is 338 g/mol. The van der Waals surface area contributed by atoms with Crippen LogP contribution in [0.15, 0.2) is 30.3 Å². The Bertz CT molecular complexity index is 659. The maximum atomic E-state index is 12.1. The molecule has 0 fully saturated rings. The van der Waals surface area contributed by atoms with Gasteiger partial charge < -0.3 is 19.5 Å². The summed E-state index contributed by atoms with van der Waals surface area (Å²) in [7, 11) is 2.94. The molecule has 0 bridgehead atoms. The molecule has 0 saturated heterocycles.